The highest BCUT2D eigenvalue weighted by atomic mass is 15.1. The molecule has 0 aromatic heterocycles. The summed E-state index contributed by atoms with van der Waals surface area (Å²) in [6, 6.07) is 4.41. The van der Waals surface area contributed by atoms with Crippen LogP contribution in [0.2, 0.25) is 0 Å². The smallest absolute Gasteiger partial charge is 0.0396 e. The Balaban J connectivity index is 2.98. The van der Waals surface area contributed by atoms with Crippen molar-refractivity contribution in [2.45, 2.75) is 34.6 Å². The molecule has 1 aromatic carbocycles. The van der Waals surface area contributed by atoms with E-state index < -0.39 is 0 Å². The number of nitrogens with two attached hydrogens (primary N) is 1. The quantitative estimate of drug-likeness (QED) is 0.867. The molecular weight excluding hydrogens is 208 g/mol. The monoisotopic (exact) mass is 234 g/mol. The van der Waals surface area contributed by atoms with Gasteiger partial charge in [0.15, 0.2) is 0 Å². The highest BCUT2D eigenvalue weighted by molar-refractivity contribution is 5.57. The van der Waals surface area contributed by atoms with Crippen LogP contribution in [0.25, 0.3) is 0 Å². The summed E-state index contributed by atoms with van der Waals surface area (Å²) in [6.07, 6.45) is 0. The summed E-state index contributed by atoms with van der Waals surface area (Å²) in [6.45, 7) is 12.7. The molecule has 0 fully saturated rings. The first kappa shape index (κ1) is 14.0. The van der Waals surface area contributed by atoms with Gasteiger partial charge in [0.25, 0.3) is 0 Å². The molecule has 0 radical (unpaired) electrons. The van der Waals surface area contributed by atoms with E-state index in [9.17, 15) is 0 Å². The maximum Gasteiger partial charge on any atom is 0.0396 e. The second-order valence-corrected chi connectivity index (χ2v) is 5.88. The van der Waals surface area contributed by atoms with Crippen molar-refractivity contribution in [2.75, 3.05) is 25.0 Å². The van der Waals surface area contributed by atoms with Gasteiger partial charge in [-0.05, 0) is 55.5 Å². The van der Waals surface area contributed by atoms with Crippen molar-refractivity contribution in [2.24, 2.45) is 11.1 Å². The van der Waals surface area contributed by atoms with Crippen molar-refractivity contribution >= 4 is 5.69 Å². The Morgan fingerprint density at radius 3 is 2.24 bits per heavy atom. The molecule has 0 atom stereocenters. The number of hydrogen-bond donors (Lipinski definition) is 1. The van der Waals surface area contributed by atoms with Crippen LogP contribution in [-0.4, -0.2) is 20.1 Å². The molecule has 0 saturated heterocycles. The first-order valence-electron chi connectivity index (χ1n) is 6.26. The molecule has 0 aliphatic carbocycles. The lowest BCUT2D eigenvalue weighted by molar-refractivity contribution is 0.385. The van der Waals surface area contributed by atoms with Gasteiger partial charge in [0.05, 0.1) is 0 Å². The number of nitrogens with zero attached hydrogens (tertiary/aromatic N) is 1. The molecule has 17 heavy (non-hydrogen) atoms. The van der Waals surface area contributed by atoms with Crippen LogP contribution in [0.5, 0.6) is 0 Å². The molecule has 0 spiro atoms. The zero-order chi connectivity index (χ0) is 13.2. The number of aryl methyl sites for hydroxylation is 1. The number of anilines is 1. The van der Waals surface area contributed by atoms with Crippen molar-refractivity contribution < 1.29 is 0 Å². The number of rotatable bonds is 4. The fraction of sp³-hybridized carbons (Fsp3) is 0.600. The van der Waals surface area contributed by atoms with E-state index in [-0.39, 0.29) is 5.41 Å². The fourth-order valence-electron chi connectivity index (χ4n) is 2.15. The number of benzene rings is 1. The highest BCUT2D eigenvalue weighted by Gasteiger charge is 2.19. The Hall–Kier alpha value is -1.02. The van der Waals surface area contributed by atoms with Gasteiger partial charge in [-0.15, -0.1) is 0 Å². The molecule has 96 valence electrons. The van der Waals surface area contributed by atoms with Crippen LogP contribution in [0.1, 0.15) is 30.5 Å². The summed E-state index contributed by atoms with van der Waals surface area (Å²) in [4.78, 5) is 2.31. The lowest BCUT2D eigenvalue weighted by Crippen LogP contribution is -2.37. The molecular formula is C15H26N2. The topological polar surface area (TPSA) is 29.3 Å². The van der Waals surface area contributed by atoms with Gasteiger partial charge in [-0.2, -0.15) is 0 Å². The molecule has 2 heteroatoms. The van der Waals surface area contributed by atoms with Gasteiger partial charge in [0.1, 0.15) is 0 Å². The molecule has 0 unspecified atom stereocenters. The third-order valence-corrected chi connectivity index (χ3v) is 3.66. The molecule has 2 nitrogen and oxygen atoms in total. The van der Waals surface area contributed by atoms with E-state index >= 15 is 0 Å². The molecule has 0 amide bonds. The second kappa shape index (κ2) is 5.09. The maximum absolute atomic E-state index is 5.80. The Morgan fingerprint density at radius 2 is 1.71 bits per heavy atom. The average Bonchev–Trinajstić information content (AvgIpc) is 2.25. The normalized spacial score (nSPS) is 11.7. The molecule has 1 aromatic rings. The van der Waals surface area contributed by atoms with E-state index in [1.54, 1.807) is 0 Å². The van der Waals surface area contributed by atoms with Crippen LogP contribution in [-0.2, 0) is 0 Å². The third kappa shape index (κ3) is 3.22. The molecule has 0 aliphatic heterocycles. The molecule has 0 bridgehead atoms. The van der Waals surface area contributed by atoms with Gasteiger partial charge in [0.2, 0.25) is 0 Å². The van der Waals surface area contributed by atoms with Crippen LogP contribution in [0.15, 0.2) is 12.1 Å². The second-order valence-electron chi connectivity index (χ2n) is 5.88. The van der Waals surface area contributed by atoms with E-state index in [4.69, 9.17) is 5.73 Å². The zero-order valence-electron chi connectivity index (χ0n) is 12.1. The summed E-state index contributed by atoms with van der Waals surface area (Å²) >= 11 is 0. The van der Waals surface area contributed by atoms with Gasteiger partial charge in [-0.1, -0.05) is 19.9 Å². The van der Waals surface area contributed by atoms with Gasteiger partial charge >= 0.3 is 0 Å². The van der Waals surface area contributed by atoms with Gasteiger partial charge in [0, 0.05) is 19.3 Å². The van der Waals surface area contributed by atoms with E-state index in [0.717, 1.165) is 6.54 Å². The van der Waals surface area contributed by atoms with Gasteiger partial charge < -0.3 is 10.6 Å². The summed E-state index contributed by atoms with van der Waals surface area (Å²) in [5, 5.41) is 0. The Labute approximate surface area is 106 Å². The summed E-state index contributed by atoms with van der Waals surface area (Å²) < 4.78 is 0. The van der Waals surface area contributed by atoms with Crippen LogP contribution in [0.3, 0.4) is 0 Å². The van der Waals surface area contributed by atoms with Crippen molar-refractivity contribution in [3.05, 3.63) is 28.8 Å². The zero-order valence-corrected chi connectivity index (χ0v) is 12.1. The largest absolute Gasteiger partial charge is 0.374 e. The van der Waals surface area contributed by atoms with Crippen LogP contribution in [0, 0.1) is 26.2 Å². The van der Waals surface area contributed by atoms with Crippen molar-refractivity contribution in [1.29, 1.82) is 0 Å². The first-order valence-corrected chi connectivity index (χ1v) is 6.26. The summed E-state index contributed by atoms with van der Waals surface area (Å²) in [5.74, 6) is 0. The first-order chi connectivity index (χ1) is 7.78. The highest BCUT2D eigenvalue weighted by Crippen LogP contribution is 2.26. The van der Waals surface area contributed by atoms with Gasteiger partial charge in [-0.25, -0.2) is 0 Å². The minimum Gasteiger partial charge on any atom is -0.374 e. The van der Waals surface area contributed by atoms with Crippen LogP contribution < -0.4 is 10.6 Å². The maximum atomic E-state index is 5.80. The van der Waals surface area contributed by atoms with Crippen molar-refractivity contribution in [3.8, 4) is 0 Å². The molecule has 0 heterocycles. The summed E-state index contributed by atoms with van der Waals surface area (Å²) in [5.41, 5.74) is 11.4. The third-order valence-electron chi connectivity index (χ3n) is 3.66. The van der Waals surface area contributed by atoms with E-state index in [1.165, 1.54) is 22.4 Å². The summed E-state index contributed by atoms with van der Waals surface area (Å²) in [7, 11) is 2.15. The van der Waals surface area contributed by atoms with E-state index in [1.807, 2.05) is 0 Å². The predicted molar refractivity (Wildman–Crippen MR) is 76.8 cm³/mol. The molecule has 1 rings (SSSR count). The SMILES string of the molecule is Cc1ccc(N(C)CC(C)(C)CN)c(C)c1C. The molecule has 2 N–H and O–H groups in total. The minimum absolute atomic E-state index is 0.153. The standard InChI is InChI=1S/C15H26N2/c1-11-7-8-14(13(3)12(11)2)17(6)10-15(4,5)9-16/h7-8H,9-10,16H2,1-6H3. The van der Waals surface area contributed by atoms with E-state index in [2.05, 4.69) is 58.7 Å². The fourth-order valence-corrected chi connectivity index (χ4v) is 2.15. The Morgan fingerprint density at radius 1 is 1.12 bits per heavy atom. The van der Waals surface area contributed by atoms with E-state index in [0.29, 0.717) is 6.54 Å². The Bertz CT molecular complexity index is 394. The minimum atomic E-state index is 0.153. The predicted octanol–water partition coefficient (Wildman–Crippen LogP) is 3.03. The lowest BCUT2D eigenvalue weighted by atomic mass is 9.92. The Kier molecular flexibility index (Phi) is 4.21. The van der Waals surface area contributed by atoms with Crippen molar-refractivity contribution in [1.82, 2.24) is 0 Å². The lowest BCUT2D eigenvalue weighted by Gasteiger charge is -2.32. The number of hydrogen-bond acceptors (Lipinski definition) is 2. The van der Waals surface area contributed by atoms with Crippen molar-refractivity contribution in [3.63, 3.8) is 0 Å². The average molecular weight is 234 g/mol. The molecule has 0 aliphatic rings. The van der Waals surface area contributed by atoms with Crippen LogP contribution in [0.4, 0.5) is 5.69 Å². The van der Waals surface area contributed by atoms with Gasteiger partial charge in [-0.3, -0.25) is 0 Å². The van der Waals surface area contributed by atoms with Crippen LogP contribution >= 0.6 is 0 Å². The molecule has 0 saturated carbocycles.